The van der Waals surface area contributed by atoms with Crippen LogP contribution in [0.4, 0.5) is 0 Å². The molecule has 2 heterocycles. The predicted octanol–water partition coefficient (Wildman–Crippen LogP) is 1.63. The van der Waals surface area contributed by atoms with Gasteiger partial charge in [-0.05, 0) is 0 Å². The molecule has 0 saturated carbocycles. The van der Waals surface area contributed by atoms with Crippen LogP contribution in [0.3, 0.4) is 0 Å². The molecule has 0 aliphatic heterocycles. The molecule has 2 nitrogen and oxygen atoms in total. The van der Waals surface area contributed by atoms with Crippen LogP contribution in [0.2, 0.25) is 0 Å². The van der Waals surface area contributed by atoms with E-state index in [2.05, 4.69) is 139 Å². The largest absolute Gasteiger partial charge is 1.00 e. The number of benzene rings is 3. The van der Waals surface area contributed by atoms with Gasteiger partial charge < -0.3 is 24.8 Å². The molecular weight excluding hydrogens is 574 g/mol. The van der Waals surface area contributed by atoms with Crippen LogP contribution in [-0.2, 0) is 26.5 Å². The molecular formula is C32H26Cl2N2Zr. The first-order valence-electron chi connectivity index (χ1n) is 12.2. The number of rotatable bonds is 4. The number of hydrogen-bond donors (Lipinski definition) is 0. The number of hydrogen-bond acceptors (Lipinski definition) is 0. The van der Waals surface area contributed by atoms with Crippen LogP contribution in [0.25, 0.3) is 28.8 Å². The van der Waals surface area contributed by atoms with Gasteiger partial charge in [0.05, 0.1) is 0 Å². The molecule has 0 spiro atoms. The molecule has 0 amide bonds. The third-order valence-electron chi connectivity index (χ3n) is 7.84. The van der Waals surface area contributed by atoms with Crippen LogP contribution in [0, 0.1) is 13.8 Å². The second-order valence-corrected chi connectivity index (χ2v) is 13.6. The van der Waals surface area contributed by atoms with Crippen LogP contribution in [0.15, 0.2) is 103 Å². The third-order valence-corrected chi connectivity index (χ3v) is 12.8. The van der Waals surface area contributed by atoms with E-state index in [0.717, 1.165) is 0 Å². The zero-order valence-corrected chi connectivity index (χ0v) is 24.7. The Morgan fingerprint density at radius 1 is 0.757 bits per heavy atom. The Morgan fingerprint density at radius 2 is 1.43 bits per heavy atom. The molecule has 2 atom stereocenters. The molecule has 0 fully saturated rings. The van der Waals surface area contributed by atoms with Crippen molar-refractivity contribution in [1.82, 2.24) is 9.13 Å². The number of fused-ring (bicyclic) bond motifs is 3. The molecule has 182 valence electrons. The second kappa shape index (κ2) is 9.95. The van der Waals surface area contributed by atoms with Crippen molar-refractivity contribution in [3.8, 4) is 0 Å². The second-order valence-electron chi connectivity index (χ2n) is 9.62. The summed E-state index contributed by atoms with van der Waals surface area (Å²) in [4.78, 5) is 0. The number of aromatic nitrogens is 2. The molecule has 0 bridgehead atoms. The first kappa shape index (κ1) is 26.0. The number of halogens is 2. The van der Waals surface area contributed by atoms with Gasteiger partial charge in [0.2, 0.25) is 0 Å². The molecule has 5 aromatic rings. The van der Waals surface area contributed by atoms with Gasteiger partial charge >= 0.3 is 219 Å². The molecule has 37 heavy (non-hydrogen) atoms. The van der Waals surface area contributed by atoms with Crippen molar-refractivity contribution < 1.29 is 48.0 Å². The maximum Gasteiger partial charge on any atom is -1.00 e. The minimum atomic E-state index is -1.20. The fourth-order valence-electron chi connectivity index (χ4n) is 6.02. The van der Waals surface area contributed by atoms with Crippen molar-refractivity contribution in [2.45, 2.75) is 20.7 Å². The summed E-state index contributed by atoms with van der Waals surface area (Å²) in [5, 5.41) is 1.36. The summed E-state index contributed by atoms with van der Waals surface area (Å²) in [5.74, 6) is 0. The average molecular weight is 601 g/mol. The van der Waals surface area contributed by atoms with E-state index >= 15 is 0 Å². The van der Waals surface area contributed by atoms with Gasteiger partial charge in [-0.15, -0.1) is 0 Å². The van der Waals surface area contributed by atoms with Crippen LogP contribution in [0.5, 0.6) is 0 Å². The van der Waals surface area contributed by atoms with Crippen molar-refractivity contribution in [3.05, 3.63) is 137 Å². The third kappa shape index (κ3) is 3.86. The minimum absolute atomic E-state index is 0. The fraction of sp³-hybridized carbons (Fsp3) is 0.125. The van der Waals surface area contributed by atoms with Gasteiger partial charge in [0.15, 0.2) is 0 Å². The quantitative estimate of drug-likeness (QED) is 0.297. The standard InChI is InChI=1S/C19H16N.C13H10N.2ClH.Zr/c1-13-14(2)20(19-10-6-5-9-18(13)19)17-11-15-7-3-4-8-16(15)12-17;1-2-6-12-11(5-1)7-8-13(12)14-9-3-4-10-14;;;/h3-12H,1-2H3;1-10H;2*1H;/q;;;;+2/p-2. The Balaban J connectivity index is 0.00000140. The van der Waals surface area contributed by atoms with Crippen molar-refractivity contribution >= 4 is 28.8 Å². The average Bonchev–Trinajstić information content (AvgIpc) is 3.67. The molecule has 2 unspecified atom stereocenters. The zero-order valence-electron chi connectivity index (χ0n) is 20.7. The SMILES string of the molecule is Cc1c(C)n(C2=Cc3ccccc3[CH]2[Zr+2][C]2(n3cccc3)C=Cc3ccccc32)c2ccccc12.[Cl-].[Cl-]. The number of nitrogens with zero attached hydrogens (tertiary/aromatic N) is 2. The molecule has 2 aromatic heterocycles. The molecule has 0 N–H and O–H groups in total. The van der Waals surface area contributed by atoms with E-state index in [-0.39, 0.29) is 28.1 Å². The van der Waals surface area contributed by atoms with E-state index < -0.39 is 23.2 Å². The number of para-hydroxylation sites is 1. The van der Waals surface area contributed by atoms with Gasteiger partial charge in [0.25, 0.3) is 0 Å². The van der Waals surface area contributed by atoms with E-state index in [4.69, 9.17) is 0 Å². The monoisotopic (exact) mass is 598 g/mol. The summed E-state index contributed by atoms with van der Waals surface area (Å²) >= 11 is -1.20. The van der Waals surface area contributed by atoms with Gasteiger partial charge in [0, 0.05) is 0 Å². The Hall–Kier alpha value is -2.58. The zero-order chi connectivity index (χ0) is 23.6. The van der Waals surface area contributed by atoms with Crippen LogP contribution in [0.1, 0.15) is 37.1 Å². The first-order valence-corrected chi connectivity index (χ1v) is 14.9. The van der Waals surface area contributed by atoms with Crippen molar-refractivity contribution in [1.29, 1.82) is 0 Å². The smallest absolute Gasteiger partial charge is 1.00 e. The molecule has 3 aromatic carbocycles. The Morgan fingerprint density at radius 3 is 2.24 bits per heavy atom. The summed E-state index contributed by atoms with van der Waals surface area (Å²) in [6.45, 7) is 4.55. The number of allylic oxidation sites excluding steroid dienone is 2. The summed E-state index contributed by atoms with van der Waals surface area (Å²) in [7, 11) is 0. The van der Waals surface area contributed by atoms with Crippen LogP contribution >= 0.6 is 0 Å². The van der Waals surface area contributed by atoms with Gasteiger partial charge in [0.1, 0.15) is 0 Å². The molecule has 7 rings (SSSR count). The van der Waals surface area contributed by atoms with E-state index in [9.17, 15) is 0 Å². The molecule has 2 aliphatic rings. The Bertz CT molecular complexity index is 1660. The summed E-state index contributed by atoms with van der Waals surface area (Å²) in [6.07, 6.45) is 11.8. The number of aryl methyl sites for hydroxylation is 1. The maximum atomic E-state index is 2.56. The van der Waals surface area contributed by atoms with Crippen molar-refractivity contribution in [2.24, 2.45) is 0 Å². The topological polar surface area (TPSA) is 9.86 Å². The summed E-state index contributed by atoms with van der Waals surface area (Å²) < 4.78 is 5.41. The Kier molecular flexibility index (Phi) is 7.00. The van der Waals surface area contributed by atoms with E-state index in [0.29, 0.717) is 3.63 Å². The van der Waals surface area contributed by atoms with E-state index in [1.807, 2.05) is 0 Å². The Labute approximate surface area is 242 Å². The normalized spacial score (nSPS) is 19.0. The molecule has 5 heteroatoms. The van der Waals surface area contributed by atoms with E-state index in [1.165, 1.54) is 50.1 Å². The molecule has 0 saturated heterocycles. The first-order chi connectivity index (χ1) is 17.2. The van der Waals surface area contributed by atoms with Crippen molar-refractivity contribution in [2.75, 3.05) is 0 Å². The van der Waals surface area contributed by atoms with Gasteiger partial charge in [-0.2, -0.15) is 0 Å². The predicted molar refractivity (Wildman–Crippen MR) is 142 cm³/mol. The maximum absolute atomic E-state index is 2.56. The van der Waals surface area contributed by atoms with Crippen molar-refractivity contribution in [3.63, 3.8) is 0 Å². The summed E-state index contributed by atoms with van der Waals surface area (Å²) in [6, 6.07) is 31.3. The molecule has 2 aliphatic carbocycles. The van der Waals surface area contributed by atoms with Gasteiger partial charge in [-0.1, -0.05) is 0 Å². The van der Waals surface area contributed by atoms with Crippen LogP contribution < -0.4 is 24.8 Å². The molecule has 0 radical (unpaired) electrons. The minimum Gasteiger partial charge on any atom is -1.00 e. The van der Waals surface area contributed by atoms with Crippen LogP contribution in [-0.4, -0.2) is 9.13 Å². The summed E-state index contributed by atoms with van der Waals surface area (Å²) in [5.41, 5.74) is 11.2. The fourth-order valence-corrected chi connectivity index (χ4v) is 11.1. The van der Waals surface area contributed by atoms with Gasteiger partial charge in [-0.3, -0.25) is 0 Å². The van der Waals surface area contributed by atoms with Gasteiger partial charge in [-0.25, -0.2) is 0 Å². The van der Waals surface area contributed by atoms with E-state index in [1.54, 1.807) is 0 Å².